The minimum atomic E-state index is -0.249. The molecule has 0 saturated heterocycles. The first-order chi connectivity index (χ1) is 15.5. The van der Waals surface area contributed by atoms with Gasteiger partial charge in [-0.25, -0.2) is 4.98 Å². The monoisotopic (exact) mass is 447 g/mol. The van der Waals surface area contributed by atoms with E-state index in [1.165, 1.54) is 0 Å². The largest absolute Gasteiger partial charge is 0.491 e. The van der Waals surface area contributed by atoms with Gasteiger partial charge < -0.3 is 14.6 Å². The van der Waals surface area contributed by atoms with Gasteiger partial charge in [-0.05, 0) is 55.3 Å². The van der Waals surface area contributed by atoms with Crippen LogP contribution in [0.25, 0.3) is 11.0 Å². The molecular weight excluding hydrogens is 422 g/mol. The lowest BCUT2D eigenvalue weighted by molar-refractivity contribution is -0.121. The predicted octanol–water partition coefficient (Wildman–Crippen LogP) is 5.50. The van der Waals surface area contributed by atoms with Crippen LogP contribution in [-0.4, -0.2) is 22.1 Å². The number of aryl methyl sites for hydroxylation is 1. The number of benzene rings is 3. The molecule has 0 fully saturated rings. The highest BCUT2D eigenvalue weighted by Gasteiger charge is 2.18. The number of ether oxygens (including phenoxy) is 1. The van der Waals surface area contributed by atoms with E-state index in [4.69, 9.17) is 21.3 Å². The Morgan fingerprint density at radius 1 is 1.06 bits per heavy atom. The van der Waals surface area contributed by atoms with Crippen molar-refractivity contribution in [3.8, 4) is 5.75 Å². The molecule has 1 amide bonds. The molecule has 32 heavy (non-hydrogen) atoms. The molecule has 0 spiro atoms. The Kier molecular flexibility index (Phi) is 6.76. The van der Waals surface area contributed by atoms with E-state index in [2.05, 4.69) is 9.88 Å². The number of para-hydroxylation sites is 3. The number of amides is 1. The highest BCUT2D eigenvalue weighted by molar-refractivity contribution is 6.30. The fourth-order valence-corrected chi connectivity index (χ4v) is 3.90. The van der Waals surface area contributed by atoms with Crippen LogP contribution in [0.4, 0.5) is 0 Å². The highest BCUT2D eigenvalue weighted by Crippen LogP contribution is 2.22. The van der Waals surface area contributed by atoms with Crippen LogP contribution >= 0.6 is 11.6 Å². The van der Waals surface area contributed by atoms with Gasteiger partial charge in [0.05, 0.1) is 30.0 Å². The first-order valence-corrected chi connectivity index (χ1v) is 11.1. The van der Waals surface area contributed by atoms with Gasteiger partial charge in [0.25, 0.3) is 0 Å². The van der Waals surface area contributed by atoms with E-state index in [1.807, 2.05) is 74.5 Å². The summed E-state index contributed by atoms with van der Waals surface area (Å²) in [5.74, 6) is 1.63. The molecule has 1 atom stereocenters. The van der Waals surface area contributed by atoms with E-state index in [9.17, 15) is 4.79 Å². The average Bonchev–Trinajstić information content (AvgIpc) is 3.15. The predicted molar refractivity (Wildman–Crippen MR) is 128 cm³/mol. The molecule has 1 unspecified atom stereocenters. The molecule has 0 bridgehead atoms. The van der Waals surface area contributed by atoms with E-state index in [0.717, 1.165) is 33.7 Å². The summed E-state index contributed by atoms with van der Waals surface area (Å²) < 4.78 is 8.14. The van der Waals surface area contributed by atoms with Crippen LogP contribution in [0.2, 0.25) is 5.02 Å². The van der Waals surface area contributed by atoms with Crippen molar-refractivity contribution in [3.63, 3.8) is 0 Å². The summed E-state index contributed by atoms with van der Waals surface area (Å²) in [4.78, 5) is 17.4. The van der Waals surface area contributed by atoms with Gasteiger partial charge in [-0.1, -0.05) is 54.1 Å². The number of carbonyl (C=O) groups is 1. The van der Waals surface area contributed by atoms with Crippen molar-refractivity contribution in [1.29, 1.82) is 0 Å². The average molecular weight is 448 g/mol. The van der Waals surface area contributed by atoms with Gasteiger partial charge in [-0.2, -0.15) is 0 Å². The first-order valence-electron chi connectivity index (χ1n) is 10.7. The van der Waals surface area contributed by atoms with Gasteiger partial charge in [0.15, 0.2) is 0 Å². The normalized spacial score (nSPS) is 12.0. The Labute approximate surface area is 193 Å². The number of halogens is 1. The third-order valence-corrected chi connectivity index (χ3v) is 5.64. The Hall–Kier alpha value is -3.31. The topological polar surface area (TPSA) is 56.1 Å². The van der Waals surface area contributed by atoms with Crippen LogP contribution in [0.15, 0.2) is 72.8 Å². The zero-order valence-corrected chi connectivity index (χ0v) is 19.0. The van der Waals surface area contributed by atoms with Crippen molar-refractivity contribution < 1.29 is 9.53 Å². The van der Waals surface area contributed by atoms with Gasteiger partial charge in [-0.3, -0.25) is 4.79 Å². The molecule has 1 N–H and O–H groups in total. The van der Waals surface area contributed by atoms with Crippen molar-refractivity contribution in [1.82, 2.24) is 14.9 Å². The van der Waals surface area contributed by atoms with Crippen LogP contribution < -0.4 is 10.1 Å². The van der Waals surface area contributed by atoms with Gasteiger partial charge in [0, 0.05) is 5.02 Å². The van der Waals surface area contributed by atoms with Crippen molar-refractivity contribution in [3.05, 3.63) is 94.8 Å². The Balaban J connectivity index is 1.49. The smallest absolute Gasteiger partial charge is 0.224 e. The third-order valence-electron chi connectivity index (χ3n) is 5.39. The van der Waals surface area contributed by atoms with Crippen LogP contribution in [0.3, 0.4) is 0 Å². The maximum Gasteiger partial charge on any atom is 0.224 e. The Bertz CT molecular complexity index is 1220. The van der Waals surface area contributed by atoms with Crippen molar-refractivity contribution in [2.45, 2.75) is 32.9 Å². The van der Waals surface area contributed by atoms with Gasteiger partial charge in [0.2, 0.25) is 5.91 Å². The second-order valence-electron chi connectivity index (χ2n) is 7.82. The minimum absolute atomic E-state index is 0.0606. The number of nitrogens with one attached hydrogen (secondary N) is 1. The molecule has 3 aromatic carbocycles. The van der Waals surface area contributed by atoms with Crippen molar-refractivity contribution in [2.24, 2.45) is 0 Å². The van der Waals surface area contributed by atoms with Crippen LogP contribution in [0.5, 0.6) is 5.75 Å². The van der Waals surface area contributed by atoms with Crippen LogP contribution in [0.1, 0.15) is 29.9 Å². The summed E-state index contributed by atoms with van der Waals surface area (Å²) in [6.45, 7) is 5.12. The van der Waals surface area contributed by atoms with Gasteiger partial charge in [0.1, 0.15) is 18.2 Å². The Morgan fingerprint density at radius 3 is 2.56 bits per heavy atom. The number of nitrogens with zero attached hydrogens (tertiary/aromatic N) is 2. The maximum atomic E-state index is 12.6. The molecule has 4 rings (SSSR count). The van der Waals surface area contributed by atoms with Crippen molar-refractivity contribution >= 4 is 28.5 Å². The molecule has 6 heteroatoms. The second-order valence-corrected chi connectivity index (χ2v) is 8.25. The lowest BCUT2D eigenvalue weighted by Crippen LogP contribution is -2.30. The van der Waals surface area contributed by atoms with E-state index >= 15 is 0 Å². The number of hydrogen-bond acceptors (Lipinski definition) is 3. The minimum Gasteiger partial charge on any atom is -0.491 e. The molecular formula is C26H26ClN3O2. The van der Waals surface area contributed by atoms with Gasteiger partial charge in [-0.15, -0.1) is 0 Å². The van der Waals surface area contributed by atoms with E-state index in [0.29, 0.717) is 18.2 Å². The Morgan fingerprint density at radius 2 is 1.78 bits per heavy atom. The summed E-state index contributed by atoms with van der Waals surface area (Å²) in [5, 5.41) is 3.74. The molecule has 1 aromatic heterocycles. The maximum absolute atomic E-state index is 12.6. The molecule has 1 heterocycles. The SMILES string of the molecule is Cc1ccccc1OCCn1c(C(C)NC(=O)Cc2ccc(Cl)cc2)nc2ccccc21. The second kappa shape index (κ2) is 9.88. The molecule has 0 aliphatic carbocycles. The molecule has 0 saturated carbocycles. The fourth-order valence-electron chi connectivity index (χ4n) is 3.77. The van der Waals surface area contributed by atoms with Gasteiger partial charge >= 0.3 is 0 Å². The summed E-state index contributed by atoms with van der Waals surface area (Å²) >= 11 is 5.94. The van der Waals surface area contributed by atoms with E-state index in [1.54, 1.807) is 12.1 Å². The third kappa shape index (κ3) is 5.11. The molecule has 5 nitrogen and oxygen atoms in total. The first kappa shape index (κ1) is 21.9. The number of imidazole rings is 1. The van der Waals surface area contributed by atoms with Crippen LogP contribution in [-0.2, 0) is 17.8 Å². The molecule has 4 aromatic rings. The zero-order chi connectivity index (χ0) is 22.5. The summed E-state index contributed by atoms with van der Waals surface area (Å²) in [6, 6.07) is 23.0. The molecule has 0 aliphatic rings. The summed E-state index contributed by atoms with van der Waals surface area (Å²) in [5.41, 5.74) is 3.94. The fraction of sp³-hybridized carbons (Fsp3) is 0.231. The van der Waals surface area contributed by atoms with E-state index in [-0.39, 0.29) is 18.4 Å². The number of fused-ring (bicyclic) bond motifs is 1. The summed E-state index contributed by atoms with van der Waals surface area (Å²) in [6.07, 6.45) is 0.290. The molecule has 0 radical (unpaired) electrons. The van der Waals surface area contributed by atoms with Crippen LogP contribution in [0, 0.1) is 6.92 Å². The number of aromatic nitrogens is 2. The molecule has 0 aliphatic heterocycles. The lowest BCUT2D eigenvalue weighted by atomic mass is 10.1. The highest BCUT2D eigenvalue weighted by atomic mass is 35.5. The number of hydrogen-bond donors (Lipinski definition) is 1. The molecule has 164 valence electrons. The lowest BCUT2D eigenvalue weighted by Gasteiger charge is -2.17. The standard InChI is InChI=1S/C26H26ClN3O2/c1-18-7-3-6-10-24(18)32-16-15-30-23-9-5-4-8-22(23)29-26(30)19(2)28-25(31)17-20-11-13-21(27)14-12-20/h3-14,19H,15-17H2,1-2H3,(H,28,31). The zero-order valence-electron chi connectivity index (χ0n) is 18.2. The van der Waals surface area contributed by atoms with E-state index < -0.39 is 0 Å². The quantitative estimate of drug-likeness (QED) is 0.388. The number of carbonyl (C=O) groups excluding carboxylic acids is 1. The summed E-state index contributed by atoms with van der Waals surface area (Å²) in [7, 11) is 0. The van der Waals surface area contributed by atoms with Crippen molar-refractivity contribution in [2.75, 3.05) is 6.61 Å². The number of rotatable bonds is 8.